The van der Waals surface area contributed by atoms with Crippen molar-refractivity contribution in [3.8, 4) is 0 Å². The summed E-state index contributed by atoms with van der Waals surface area (Å²) >= 11 is 1.29. The van der Waals surface area contributed by atoms with E-state index in [0.717, 1.165) is 15.5 Å². The minimum atomic E-state index is -0.283. The van der Waals surface area contributed by atoms with Gasteiger partial charge in [-0.1, -0.05) is 12.1 Å². The monoisotopic (exact) mass is 220 g/mol. The predicted octanol–water partition coefficient (Wildman–Crippen LogP) is 4.33. The lowest BCUT2D eigenvalue weighted by Crippen LogP contribution is -1.72. The molecule has 0 aliphatic heterocycles. The van der Waals surface area contributed by atoms with E-state index in [2.05, 4.69) is 0 Å². The summed E-state index contributed by atoms with van der Waals surface area (Å²) in [7, 11) is 0. The first-order valence-electron chi connectivity index (χ1n) is 4.52. The standard InChI is InChI=1S/C12H6F2S/c13-7-4-5-8-9-2-1-3-10(14)12(9)15-11(8)6-7/h1-6H. The Balaban J connectivity index is 2.57. The molecule has 1 aromatic heterocycles. The number of rotatable bonds is 0. The van der Waals surface area contributed by atoms with Gasteiger partial charge in [0.25, 0.3) is 0 Å². The summed E-state index contributed by atoms with van der Waals surface area (Å²) in [6.45, 7) is 0. The van der Waals surface area contributed by atoms with Gasteiger partial charge < -0.3 is 0 Å². The van der Waals surface area contributed by atoms with E-state index < -0.39 is 0 Å². The fraction of sp³-hybridized carbons (Fsp3) is 0. The molecular formula is C12H6F2S. The molecule has 15 heavy (non-hydrogen) atoms. The maximum atomic E-state index is 13.4. The van der Waals surface area contributed by atoms with Crippen molar-refractivity contribution in [2.75, 3.05) is 0 Å². The average Bonchev–Trinajstić information content (AvgIpc) is 2.57. The van der Waals surface area contributed by atoms with Gasteiger partial charge in [0.1, 0.15) is 11.6 Å². The van der Waals surface area contributed by atoms with E-state index in [9.17, 15) is 8.78 Å². The van der Waals surface area contributed by atoms with Crippen molar-refractivity contribution in [1.82, 2.24) is 0 Å². The van der Waals surface area contributed by atoms with Crippen LogP contribution in [0.1, 0.15) is 0 Å². The zero-order valence-electron chi connectivity index (χ0n) is 7.63. The van der Waals surface area contributed by atoms with Crippen molar-refractivity contribution in [3.05, 3.63) is 48.0 Å². The number of fused-ring (bicyclic) bond motifs is 3. The first-order valence-corrected chi connectivity index (χ1v) is 5.33. The SMILES string of the molecule is Fc1ccc2c(c1)sc1c(F)cccc12. The molecule has 0 amide bonds. The van der Waals surface area contributed by atoms with Crippen molar-refractivity contribution in [1.29, 1.82) is 0 Å². The van der Waals surface area contributed by atoms with Crippen LogP contribution in [-0.2, 0) is 0 Å². The van der Waals surface area contributed by atoms with Crippen LogP contribution in [0.2, 0.25) is 0 Å². The van der Waals surface area contributed by atoms with Crippen LogP contribution in [0.3, 0.4) is 0 Å². The van der Waals surface area contributed by atoms with Crippen LogP contribution in [0.15, 0.2) is 36.4 Å². The Kier molecular flexibility index (Phi) is 1.76. The molecule has 1 heterocycles. The third-order valence-electron chi connectivity index (χ3n) is 2.41. The quantitative estimate of drug-likeness (QED) is 0.529. The van der Waals surface area contributed by atoms with Crippen LogP contribution in [0.4, 0.5) is 8.78 Å². The molecule has 0 aliphatic carbocycles. The van der Waals surface area contributed by atoms with Crippen LogP contribution in [0.5, 0.6) is 0 Å². The summed E-state index contributed by atoms with van der Waals surface area (Å²) in [6, 6.07) is 9.50. The molecule has 0 aliphatic rings. The second-order valence-corrected chi connectivity index (χ2v) is 4.41. The van der Waals surface area contributed by atoms with Gasteiger partial charge in [-0.2, -0.15) is 0 Å². The van der Waals surface area contributed by atoms with Crippen molar-refractivity contribution < 1.29 is 8.78 Å². The normalized spacial score (nSPS) is 11.3. The van der Waals surface area contributed by atoms with Gasteiger partial charge in [0, 0.05) is 15.5 Å². The van der Waals surface area contributed by atoms with Crippen LogP contribution in [0, 0.1) is 11.6 Å². The number of hydrogen-bond acceptors (Lipinski definition) is 1. The highest BCUT2D eigenvalue weighted by molar-refractivity contribution is 7.25. The Labute approximate surface area is 88.8 Å². The third-order valence-corrected chi connectivity index (χ3v) is 3.59. The van der Waals surface area contributed by atoms with E-state index in [1.54, 1.807) is 12.1 Å². The zero-order chi connectivity index (χ0) is 10.4. The van der Waals surface area contributed by atoms with E-state index in [1.165, 1.54) is 29.5 Å². The van der Waals surface area contributed by atoms with Gasteiger partial charge >= 0.3 is 0 Å². The van der Waals surface area contributed by atoms with E-state index in [4.69, 9.17) is 0 Å². The van der Waals surface area contributed by atoms with Crippen LogP contribution in [0.25, 0.3) is 20.2 Å². The summed E-state index contributed by atoms with van der Waals surface area (Å²) in [5, 5.41) is 1.77. The molecule has 3 heteroatoms. The van der Waals surface area contributed by atoms with Crippen molar-refractivity contribution >= 4 is 31.5 Å². The predicted molar refractivity (Wildman–Crippen MR) is 59.2 cm³/mol. The molecule has 3 rings (SSSR count). The Hall–Kier alpha value is -1.48. The highest BCUT2D eigenvalue weighted by atomic mass is 32.1. The lowest BCUT2D eigenvalue weighted by Gasteiger charge is -1.91. The first-order chi connectivity index (χ1) is 7.25. The summed E-state index contributed by atoms with van der Waals surface area (Å²) in [4.78, 5) is 0. The number of halogens is 2. The molecule has 0 unspecified atom stereocenters. The smallest absolute Gasteiger partial charge is 0.141 e. The molecule has 0 saturated heterocycles. The van der Waals surface area contributed by atoms with Gasteiger partial charge in [0.05, 0.1) is 4.70 Å². The number of benzene rings is 2. The first kappa shape index (κ1) is 8.80. The number of thiophene rings is 1. The Morgan fingerprint density at radius 2 is 1.80 bits per heavy atom. The molecule has 0 atom stereocenters. The summed E-state index contributed by atoms with van der Waals surface area (Å²) < 4.78 is 27.8. The maximum Gasteiger partial charge on any atom is 0.141 e. The minimum absolute atomic E-state index is 0.242. The third kappa shape index (κ3) is 1.23. The van der Waals surface area contributed by atoms with Crippen LogP contribution >= 0.6 is 11.3 Å². The summed E-state index contributed by atoms with van der Waals surface area (Å²) in [5.74, 6) is -0.524. The van der Waals surface area contributed by atoms with E-state index in [-0.39, 0.29) is 11.6 Å². The molecule has 0 saturated carbocycles. The van der Waals surface area contributed by atoms with Gasteiger partial charge in [-0.15, -0.1) is 11.3 Å². The highest BCUT2D eigenvalue weighted by Crippen LogP contribution is 2.35. The van der Waals surface area contributed by atoms with Crippen LogP contribution < -0.4 is 0 Å². The topological polar surface area (TPSA) is 0 Å². The fourth-order valence-electron chi connectivity index (χ4n) is 1.74. The molecular weight excluding hydrogens is 214 g/mol. The molecule has 0 bridgehead atoms. The van der Waals surface area contributed by atoms with Crippen molar-refractivity contribution in [2.24, 2.45) is 0 Å². The lowest BCUT2D eigenvalue weighted by atomic mass is 10.1. The minimum Gasteiger partial charge on any atom is -0.207 e. The molecule has 74 valence electrons. The number of hydrogen-bond donors (Lipinski definition) is 0. The van der Waals surface area contributed by atoms with Gasteiger partial charge in [-0.25, -0.2) is 8.78 Å². The zero-order valence-corrected chi connectivity index (χ0v) is 8.44. The molecule has 0 fully saturated rings. The molecule has 0 N–H and O–H groups in total. The average molecular weight is 220 g/mol. The summed E-state index contributed by atoms with van der Waals surface area (Å²) in [5.41, 5.74) is 0. The van der Waals surface area contributed by atoms with Crippen molar-refractivity contribution in [3.63, 3.8) is 0 Å². The van der Waals surface area contributed by atoms with Crippen LogP contribution in [-0.4, -0.2) is 0 Å². The fourth-order valence-corrected chi connectivity index (χ4v) is 2.87. The van der Waals surface area contributed by atoms with E-state index in [1.807, 2.05) is 6.07 Å². The molecule has 3 aromatic rings. The van der Waals surface area contributed by atoms with Gasteiger partial charge in [0.2, 0.25) is 0 Å². The van der Waals surface area contributed by atoms with Gasteiger partial charge in [0.15, 0.2) is 0 Å². The Bertz CT molecular complexity index is 655. The maximum absolute atomic E-state index is 13.4. The summed E-state index contributed by atoms with van der Waals surface area (Å²) in [6.07, 6.45) is 0. The second-order valence-electron chi connectivity index (χ2n) is 3.36. The molecule has 2 aromatic carbocycles. The second kappa shape index (κ2) is 3.00. The molecule has 0 radical (unpaired) electrons. The Morgan fingerprint density at radius 3 is 2.67 bits per heavy atom. The Morgan fingerprint density at radius 1 is 0.933 bits per heavy atom. The van der Waals surface area contributed by atoms with Crippen molar-refractivity contribution in [2.45, 2.75) is 0 Å². The van der Waals surface area contributed by atoms with E-state index in [0.29, 0.717) is 4.70 Å². The van der Waals surface area contributed by atoms with E-state index >= 15 is 0 Å². The lowest BCUT2D eigenvalue weighted by molar-refractivity contribution is 0.630. The van der Waals surface area contributed by atoms with Gasteiger partial charge in [-0.05, 0) is 24.3 Å². The van der Waals surface area contributed by atoms with Gasteiger partial charge in [-0.3, -0.25) is 0 Å². The molecule has 0 spiro atoms. The largest absolute Gasteiger partial charge is 0.207 e. The molecule has 0 nitrogen and oxygen atoms in total. The highest BCUT2D eigenvalue weighted by Gasteiger charge is 2.08.